The van der Waals surface area contributed by atoms with Crippen LogP contribution in [-0.2, 0) is 0 Å². The van der Waals surface area contributed by atoms with E-state index in [1.165, 1.54) is 6.42 Å². The number of benzene rings is 1. The summed E-state index contributed by atoms with van der Waals surface area (Å²) in [7, 11) is 0. The van der Waals surface area contributed by atoms with Crippen LogP contribution in [0.4, 0.5) is 5.69 Å². The summed E-state index contributed by atoms with van der Waals surface area (Å²) < 4.78 is 0.784. The number of halogens is 1. The number of nitrogens with zero attached hydrogens (tertiary/aromatic N) is 2. The molecule has 20 heavy (non-hydrogen) atoms. The fourth-order valence-corrected chi connectivity index (χ4v) is 3.22. The largest absolute Gasteiger partial charge is 0.409 e. The third-order valence-corrected chi connectivity index (χ3v) is 4.41. The molecule has 4 N–H and O–H groups in total. The maximum atomic E-state index is 9.57. The van der Waals surface area contributed by atoms with Gasteiger partial charge in [-0.25, -0.2) is 0 Å². The lowest BCUT2D eigenvalue weighted by Gasteiger charge is -2.31. The van der Waals surface area contributed by atoms with Crippen LogP contribution in [-0.4, -0.2) is 35.3 Å². The first-order valence-electron chi connectivity index (χ1n) is 6.82. The first-order chi connectivity index (χ1) is 9.67. The molecule has 1 aliphatic rings. The zero-order valence-corrected chi connectivity index (χ0v) is 12.9. The zero-order chi connectivity index (χ0) is 14.5. The lowest BCUT2D eigenvalue weighted by molar-refractivity contribution is 0.255. The second kappa shape index (κ2) is 6.95. The summed E-state index contributed by atoms with van der Waals surface area (Å²) in [5, 5.41) is 21.3. The van der Waals surface area contributed by atoms with Crippen LogP contribution >= 0.6 is 15.9 Å². The molecule has 6 heteroatoms. The standard InChI is InChI=1S/C14H20BrN3O2/c15-13-8-10(5-6-12(13)14(16)17-20)18-7-3-1-2-4-11(18)9-19/h5-6,8,11,19-20H,1-4,7,9H2,(H2,16,17). The van der Waals surface area contributed by atoms with Gasteiger partial charge in [0.25, 0.3) is 0 Å². The third kappa shape index (κ3) is 3.24. The molecular weight excluding hydrogens is 322 g/mol. The SMILES string of the molecule is N/C(=N/O)c1ccc(N2CCCCCC2CO)cc1Br. The molecule has 110 valence electrons. The molecule has 1 unspecified atom stereocenters. The van der Waals surface area contributed by atoms with Crippen molar-refractivity contribution in [2.24, 2.45) is 10.9 Å². The van der Waals surface area contributed by atoms with Crippen LogP contribution in [0.3, 0.4) is 0 Å². The fourth-order valence-electron chi connectivity index (χ4n) is 2.65. The number of rotatable bonds is 3. The van der Waals surface area contributed by atoms with E-state index in [2.05, 4.69) is 26.0 Å². The number of nitrogens with two attached hydrogens (primary N) is 1. The molecule has 1 aromatic rings. The highest BCUT2D eigenvalue weighted by Crippen LogP contribution is 2.28. The predicted octanol–water partition coefficient (Wildman–Crippen LogP) is 2.28. The molecule has 0 spiro atoms. The molecular formula is C14H20BrN3O2. The maximum absolute atomic E-state index is 9.57. The summed E-state index contributed by atoms with van der Waals surface area (Å²) in [5.74, 6) is 0.0815. The highest BCUT2D eigenvalue weighted by atomic mass is 79.9. The molecule has 1 aliphatic heterocycles. The second-order valence-electron chi connectivity index (χ2n) is 5.03. The zero-order valence-electron chi connectivity index (χ0n) is 11.3. The molecule has 0 radical (unpaired) electrons. The first kappa shape index (κ1) is 15.1. The Morgan fingerprint density at radius 3 is 2.85 bits per heavy atom. The van der Waals surface area contributed by atoms with Gasteiger partial charge < -0.3 is 20.9 Å². The molecule has 0 bridgehead atoms. The van der Waals surface area contributed by atoms with Crippen molar-refractivity contribution in [1.29, 1.82) is 0 Å². The van der Waals surface area contributed by atoms with Crippen LogP contribution < -0.4 is 10.6 Å². The van der Waals surface area contributed by atoms with Gasteiger partial charge in [-0.05, 0) is 47.0 Å². The molecule has 1 fully saturated rings. The minimum Gasteiger partial charge on any atom is -0.409 e. The first-order valence-corrected chi connectivity index (χ1v) is 7.61. The number of amidine groups is 1. The van der Waals surface area contributed by atoms with Gasteiger partial charge >= 0.3 is 0 Å². The van der Waals surface area contributed by atoms with Crippen LogP contribution in [0.5, 0.6) is 0 Å². The van der Waals surface area contributed by atoms with E-state index in [4.69, 9.17) is 10.9 Å². The smallest absolute Gasteiger partial charge is 0.171 e. The number of hydrogen-bond donors (Lipinski definition) is 3. The molecule has 5 nitrogen and oxygen atoms in total. The van der Waals surface area contributed by atoms with Crippen LogP contribution in [0.1, 0.15) is 31.2 Å². The summed E-state index contributed by atoms with van der Waals surface area (Å²) in [6.45, 7) is 1.11. The lowest BCUT2D eigenvalue weighted by Crippen LogP contribution is -2.37. The van der Waals surface area contributed by atoms with Gasteiger partial charge in [0.1, 0.15) is 0 Å². The Balaban J connectivity index is 2.29. The summed E-state index contributed by atoms with van der Waals surface area (Å²) >= 11 is 3.46. The molecule has 1 heterocycles. The van der Waals surface area contributed by atoms with Gasteiger partial charge in [0, 0.05) is 22.3 Å². The Morgan fingerprint density at radius 1 is 1.40 bits per heavy atom. The van der Waals surface area contributed by atoms with Crippen LogP contribution in [0.25, 0.3) is 0 Å². The Morgan fingerprint density at radius 2 is 2.20 bits per heavy atom. The molecule has 1 atom stereocenters. The molecule has 0 aromatic heterocycles. The Hall–Kier alpha value is -1.27. The number of oxime groups is 1. The minimum absolute atomic E-state index is 0.0815. The number of aliphatic hydroxyl groups excluding tert-OH is 1. The average Bonchev–Trinajstić information content (AvgIpc) is 2.71. The normalized spacial score (nSPS) is 20.8. The Labute approximate surface area is 127 Å². The van der Waals surface area contributed by atoms with E-state index >= 15 is 0 Å². The number of anilines is 1. The van der Waals surface area contributed by atoms with Gasteiger partial charge in [0.2, 0.25) is 0 Å². The van der Waals surface area contributed by atoms with Crippen molar-refractivity contribution < 1.29 is 10.3 Å². The van der Waals surface area contributed by atoms with Crippen LogP contribution in [0, 0.1) is 0 Å². The van der Waals surface area contributed by atoms with Crippen molar-refractivity contribution in [1.82, 2.24) is 0 Å². The molecule has 0 saturated carbocycles. The Kier molecular flexibility index (Phi) is 5.25. The van der Waals surface area contributed by atoms with Gasteiger partial charge in [-0.15, -0.1) is 0 Å². The van der Waals surface area contributed by atoms with Crippen molar-refractivity contribution in [3.63, 3.8) is 0 Å². The van der Waals surface area contributed by atoms with Crippen molar-refractivity contribution in [2.75, 3.05) is 18.1 Å². The summed E-state index contributed by atoms with van der Waals surface area (Å²) in [6, 6.07) is 5.90. The highest BCUT2D eigenvalue weighted by Gasteiger charge is 2.21. The average molecular weight is 342 g/mol. The molecule has 1 aromatic carbocycles. The molecule has 0 amide bonds. The second-order valence-corrected chi connectivity index (χ2v) is 5.88. The lowest BCUT2D eigenvalue weighted by atomic mass is 10.1. The van der Waals surface area contributed by atoms with Gasteiger partial charge in [-0.2, -0.15) is 0 Å². The van der Waals surface area contributed by atoms with Gasteiger partial charge in [0.15, 0.2) is 5.84 Å². The highest BCUT2D eigenvalue weighted by molar-refractivity contribution is 9.10. The van der Waals surface area contributed by atoms with Crippen molar-refractivity contribution in [3.05, 3.63) is 28.2 Å². The van der Waals surface area contributed by atoms with E-state index in [1.807, 2.05) is 18.2 Å². The summed E-state index contributed by atoms with van der Waals surface area (Å²) in [5.41, 5.74) is 7.33. The van der Waals surface area contributed by atoms with Crippen LogP contribution in [0.2, 0.25) is 0 Å². The topological polar surface area (TPSA) is 82.1 Å². The summed E-state index contributed by atoms with van der Waals surface area (Å²) in [6.07, 6.45) is 4.51. The maximum Gasteiger partial charge on any atom is 0.171 e. The van der Waals surface area contributed by atoms with Crippen molar-refractivity contribution in [3.8, 4) is 0 Å². The third-order valence-electron chi connectivity index (χ3n) is 3.76. The summed E-state index contributed by atoms with van der Waals surface area (Å²) in [4.78, 5) is 2.24. The molecule has 1 saturated heterocycles. The quantitative estimate of drug-likeness (QED) is 0.341. The van der Waals surface area contributed by atoms with Gasteiger partial charge in [0.05, 0.1) is 12.6 Å². The number of hydrogen-bond acceptors (Lipinski definition) is 4. The number of aliphatic hydroxyl groups is 1. The van der Waals surface area contributed by atoms with E-state index in [9.17, 15) is 5.11 Å². The van der Waals surface area contributed by atoms with E-state index in [1.54, 1.807) is 0 Å². The fraction of sp³-hybridized carbons (Fsp3) is 0.500. The minimum atomic E-state index is 0.0815. The van der Waals surface area contributed by atoms with Crippen LogP contribution in [0.15, 0.2) is 27.8 Å². The van der Waals surface area contributed by atoms with Crippen molar-refractivity contribution >= 4 is 27.5 Å². The van der Waals surface area contributed by atoms with E-state index in [0.29, 0.717) is 5.56 Å². The van der Waals surface area contributed by atoms with Crippen molar-refractivity contribution in [2.45, 2.75) is 31.7 Å². The van der Waals surface area contributed by atoms with E-state index < -0.39 is 0 Å². The Bertz CT molecular complexity index is 493. The molecule has 2 rings (SSSR count). The van der Waals surface area contributed by atoms with Gasteiger partial charge in [-0.1, -0.05) is 18.0 Å². The monoisotopic (exact) mass is 341 g/mol. The van der Waals surface area contributed by atoms with E-state index in [0.717, 1.165) is 36.0 Å². The predicted molar refractivity (Wildman–Crippen MR) is 83.3 cm³/mol. The van der Waals surface area contributed by atoms with E-state index in [-0.39, 0.29) is 18.5 Å². The molecule has 0 aliphatic carbocycles. The van der Waals surface area contributed by atoms with Gasteiger partial charge in [-0.3, -0.25) is 0 Å².